The molecule has 0 aliphatic carbocycles. The molecule has 0 spiro atoms. The molecule has 0 radical (unpaired) electrons. The molecule has 1 aliphatic rings. The minimum absolute atomic E-state index is 0.287. The lowest BCUT2D eigenvalue weighted by atomic mass is 9.93. The molecule has 19 heavy (non-hydrogen) atoms. The van der Waals surface area contributed by atoms with Crippen LogP contribution >= 0.6 is 0 Å². The molecule has 1 aromatic carbocycles. The largest absolute Gasteiger partial charge is 0.358 e. The molecule has 3 nitrogen and oxygen atoms in total. The fraction of sp³-hybridized carbons (Fsp3) is 0.438. The standard InChI is InChI=1S/C16H20N2O/c1-2-16(19)18-9-7-12(8-10-18)15-11-13-5-3-4-6-14(13)17-15/h3-6,11-12,17H,2,7-10H2,1H3. The van der Waals surface area contributed by atoms with E-state index in [2.05, 4.69) is 35.3 Å². The van der Waals surface area contributed by atoms with Crippen LogP contribution in [0.2, 0.25) is 0 Å². The van der Waals surface area contributed by atoms with Crippen LogP contribution in [0.4, 0.5) is 0 Å². The quantitative estimate of drug-likeness (QED) is 0.879. The van der Waals surface area contributed by atoms with Gasteiger partial charge >= 0.3 is 0 Å². The van der Waals surface area contributed by atoms with E-state index in [1.54, 1.807) is 0 Å². The number of nitrogens with one attached hydrogen (secondary N) is 1. The molecule has 1 saturated heterocycles. The first-order chi connectivity index (χ1) is 9.28. The Balaban J connectivity index is 1.72. The van der Waals surface area contributed by atoms with Crippen LogP contribution in [-0.4, -0.2) is 28.9 Å². The summed E-state index contributed by atoms with van der Waals surface area (Å²) in [5, 5.41) is 1.28. The molecule has 3 rings (SSSR count). The van der Waals surface area contributed by atoms with Crippen molar-refractivity contribution in [2.24, 2.45) is 0 Å². The van der Waals surface area contributed by atoms with Crippen molar-refractivity contribution >= 4 is 16.8 Å². The van der Waals surface area contributed by atoms with E-state index in [1.807, 2.05) is 11.8 Å². The van der Waals surface area contributed by atoms with E-state index in [0.29, 0.717) is 12.3 Å². The molecule has 0 atom stereocenters. The summed E-state index contributed by atoms with van der Waals surface area (Å²) < 4.78 is 0. The fourth-order valence-corrected chi connectivity index (χ4v) is 2.98. The minimum atomic E-state index is 0.287. The van der Waals surface area contributed by atoms with E-state index in [4.69, 9.17) is 0 Å². The van der Waals surface area contributed by atoms with Gasteiger partial charge in [-0.05, 0) is 30.4 Å². The lowest BCUT2D eigenvalue weighted by Gasteiger charge is -2.31. The Kier molecular flexibility index (Phi) is 3.28. The fourth-order valence-electron chi connectivity index (χ4n) is 2.98. The summed E-state index contributed by atoms with van der Waals surface area (Å²) in [6.45, 7) is 3.73. The van der Waals surface area contributed by atoms with Crippen LogP contribution < -0.4 is 0 Å². The first kappa shape index (κ1) is 12.3. The van der Waals surface area contributed by atoms with Crippen LogP contribution in [0.1, 0.15) is 37.8 Å². The van der Waals surface area contributed by atoms with Gasteiger partial charge in [-0.1, -0.05) is 25.1 Å². The Morgan fingerprint density at radius 3 is 2.74 bits per heavy atom. The molecule has 1 fully saturated rings. The topological polar surface area (TPSA) is 36.1 Å². The summed E-state index contributed by atoms with van der Waals surface area (Å²) in [6, 6.07) is 10.7. The van der Waals surface area contributed by atoms with Crippen molar-refractivity contribution in [3.63, 3.8) is 0 Å². The first-order valence-corrected chi connectivity index (χ1v) is 7.13. The molecule has 1 amide bonds. The van der Waals surface area contributed by atoms with Gasteiger partial charge in [0.05, 0.1) is 0 Å². The van der Waals surface area contributed by atoms with Gasteiger partial charge in [-0.25, -0.2) is 0 Å². The summed E-state index contributed by atoms with van der Waals surface area (Å²) >= 11 is 0. The van der Waals surface area contributed by atoms with Gasteiger partial charge in [-0.3, -0.25) is 4.79 Å². The number of fused-ring (bicyclic) bond motifs is 1. The van der Waals surface area contributed by atoms with Gasteiger partial charge < -0.3 is 9.88 Å². The zero-order chi connectivity index (χ0) is 13.2. The predicted molar refractivity (Wildman–Crippen MR) is 77.1 cm³/mol. The van der Waals surface area contributed by atoms with Gasteiger partial charge in [0, 0.05) is 36.6 Å². The number of nitrogens with zero attached hydrogens (tertiary/aromatic N) is 1. The van der Waals surface area contributed by atoms with Crippen molar-refractivity contribution in [1.29, 1.82) is 0 Å². The first-order valence-electron chi connectivity index (χ1n) is 7.13. The Labute approximate surface area is 113 Å². The van der Waals surface area contributed by atoms with E-state index >= 15 is 0 Å². The molecule has 0 bridgehead atoms. The maximum Gasteiger partial charge on any atom is 0.222 e. The number of aromatic nitrogens is 1. The minimum Gasteiger partial charge on any atom is -0.358 e. The zero-order valence-corrected chi connectivity index (χ0v) is 11.4. The lowest BCUT2D eigenvalue weighted by molar-refractivity contribution is -0.131. The van der Waals surface area contributed by atoms with Crippen molar-refractivity contribution in [1.82, 2.24) is 9.88 Å². The van der Waals surface area contributed by atoms with Crippen LogP contribution in [0, 0.1) is 0 Å². The SMILES string of the molecule is CCC(=O)N1CCC(c2cc3ccccc3[nH]2)CC1. The Morgan fingerprint density at radius 1 is 1.32 bits per heavy atom. The number of carbonyl (C=O) groups is 1. The number of amides is 1. The van der Waals surface area contributed by atoms with Crippen molar-refractivity contribution in [3.8, 4) is 0 Å². The number of aromatic amines is 1. The second kappa shape index (κ2) is 5.08. The average molecular weight is 256 g/mol. The molecule has 2 heterocycles. The summed E-state index contributed by atoms with van der Waals surface area (Å²) in [4.78, 5) is 17.2. The van der Waals surface area contributed by atoms with Gasteiger partial charge in [-0.2, -0.15) is 0 Å². The summed E-state index contributed by atoms with van der Waals surface area (Å²) in [5.74, 6) is 0.850. The summed E-state index contributed by atoms with van der Waals surface area (Å²) in [6.07, 6.45) is 2.76. The Hall–Kier alpha value is -1.77. The molecule has 1 aromatic heterocycles. The zero-order valence-electron chi connectivity index (χ0n) is 11.4. The highest BCUT2D eigenvalue weighted by molar-refractivity contribution is 5.80. The van der Waals surface area contributed by atoms with Crippen molar-refractivity contribution in [2.45, 2.75) is 32.1 Å². The molecule has 1 aliphatic heterocycles. The number of carbonyl (C=O) groups excluding carboxylic acids is 1. The second-order valence-corrected chi connectivity index (χ2v) is 5.32. The van der Waals surface area contributed by atoms with E-state index in [9.17, 15) is 4.79 Å². The van der Waals surface area contributed by atoms with E-state index in [1.165, 1.54) is 16.6 Å². The highest BCUT2D eigenvalue weighted by Crippen LogP contribution is 2.29. The van der Waals surface area contributed by atoms with Gasteiger partial charge in [0.15, 0.2) is 0 Å². The Morgan fingerprint density at radius 2 is 2.05 bits per heavy atom. The van der Waals surface area contributed by atoms with Gasteiger partial charge in [-0.15, -0.1) is 0 Å². The molecule has 100 valence electrons. The van der Waals surface area contributed by atoms with Crippen LogP contribution in [-0.2, 0) is 4.79 Å². The van der Waals surface area contributed by atoms with Crippen molar-refractivity contribution in [3.05, 3.63) is 36.0 Å². The third-order valence-corrected chi connectivity index (χ3v) is 4.14. The number of piperidine rings is 1. The van der Waals surface area contributed by atoms with E-state index in [-0.39, 0.29) is 5.91 Å². The normalized spacial score (nSPS) is 17.0. The second-order valence-electron chi connectivity index (χ2n) is 5.32. The smallest absolute Gasteiger partial charge is 0.222 e. The number of hydrogen-bond acceptors (Lipinski definition) is 1. The molecule has 0 saturated carbocycles. The molecule has 0 unspecified atom stereocenters. The maximum atomic E-state index is 11.7. The van der Waals surface area contributed by atoms with Crippen molar-refractivity contribution in [2.75, 3.05) is 13.1 Å². The highest BCUT2D eigenvalue weighted by atomic mass is 16.2. The number of hydrogen-bond donors (Lipinski definition) is 1. The molecular weight excluding hydrogens is 236 g/mol. The van der Waals surface area contributed by atoms with Gasteiger partial charge in [0.1, 0.15) is 0 Å². The van der Waals surface area contributed by atoms with Crippen LogP contribution in [0.25, 0.3) is 10.9 Å². The molecule has 1 N–H and O–H groups in total. The van der Waals surface area contributed by atoms with Gasteiger partial charge in [0.25, 0.3) is 0 Å². The predicted octanol–water partition coefficient (Wildman–Crippen LogP) is 3.28. The van der Waals surface area contributed by atoms with Gasteiger partial charge in [0.2, 0.25) is 5.91 Å². The number of benzene rings is 1. The van der Waals surface area contributed by atoms with Crippen LogP contribution in [0.5, 0.6) is 0 Å². The number of H-pyrrole nitrogens is 1. The molecular formula is C16H20N2O. The maximum absolute atomic E-state index is 11.7. The summed E-state index contributed by atoms with van der Waals surface area (Å²) in [5.41, 5.74) is 2.54. The summed E-state index contributed by atoms with van der Waals surface area (Å²) in [7, 11) is 0. The monoisotopic (exact) mass is 256 g/mol. The average Bonchev–Trinajstić information content (AvgIpc) is 2.90. The lowest BCUT2D eigenvalue weighted by Crippen LogP contribution is -2.37. The third-order valence-electron chi connectivity index (χ3n) is 4.14. The van der Waals surface area contributed by atoms with Crippen molar-refractivity contribution < 1.29 is 4.79 Å². The Bertz CT molecular complexity index is 546. The number of likely N-dealkylation sites (tertiary alicyclic amines) is 1. The van der Waals surface area contributed by atoms with E-state index < -0.39 is 0 Å². The van der Waals surface area contributed by atoms with Crippen LogP contribution in [0.15, 0.2) is 30.3 Å². The molecule has 3 heteroatoms. The number of para-hydroxylation sites is 1. The van der Waals surface area contributed by atoms with Crippen LogP contribution in [0.3, 0.4) is 0 Å². The molecule has 2 aromatic rings. The highest BCUT2D eigenvalue weighted by Gasteiger charge is 2.23. The van der Waals surface area contributed by atoms with E-state index in [0.717, 1.165) is 25.9 Å². The number of rotatable bonds is 2. The third kappa shape index (κ3) is 2.37.